The molecule has 1 fully saturated rings. The van der Waals surface area contributed by atoms with E-state index in [-0.39, 0.29) is 24.9 Å². The van der Waals surface area contributed by atoms with Crippen molar-refractivity contribution in [3.8, 4) is 0 Å². The number of nitrogens with zero attached hydrogens (tertiary/aromatic N) is 1. The van der Waals surface area contributed by atoms with Gasteiger partial charge in [-0.25, -0.2) is 0 Å². The van der Waals surface area contributed by atoms with Crippen LogP contribution in [0, 0.1) is 0 Å². The summed E-state index contributed by atoms with van der Waals surface area (Å²) in [6.07, 6.45) is 0.0732. The van der Waals surface area contributed by atoms with Crippen molar-refractivity contribution in [3.63, 3.8) is 0 Å². The molecular formula is C8H14N2O3. The van der Waals surface area contributed by atoms with Crippen molar-refractivity contribution in [1.29, 1.82) is 0 Å². The number of nitrogens with one attached hydrogen (secondary N) is 1. The molecule has 0 radical (unpaired) electrons. The van der Waals surface area contributed by atoms with Crippen LogP contribution in [0.15, 0.2) is 0 Å². The summed E-state index contributed by atoms with van der Waals surface area (Å²) in [7, 11) is 0. The molecule has 5 heteroatoms. The first-order chi connectivity index (χ1) is 6.13. The average molecular weight is 186 g/mol. The summed E-state index contributed by atoms with van der Waals surface area (Å²) in [6.45, 7) is 3.30. The van der Waals surface area contributed by atoms with Gasteiger partial charge < -0.3 is 15.3 Å². The minimum atomic E-state index is -0.831. The monoisotopic (exact) mass is 186 g/mol. The number of rotatable bonds is 3. The smallest absolute Gasteiger partial charge is 0.304 e. The second-order valence-corrected chi connectivity index (χ2v) is 3.11. The van der Waals surface area contributed by atoms with Gasteiger partial charge in [0.25, 0.3) is 0 Å². The number of carboxylic acid groups (broad SMARTS) is 1. The van der Waals surface area contributed by atoms with Gasteiger partial charge in [-0.2, -0.15) is 0 Å². The van der Waals surface area contributed by atoms with E-state index in [2.05, 4.69) is 5.32 Å². The van der Waals surface area contributed by atoms with E-state index in [1.807, 2.05) is 6.92 Å². The fourth-order valence-corrected chi connectivity index (χ4v) is 1.43. The maximum absolute atomic E-state index is 11.2. The first kappa shape index (κ1) is 9.98. The van der Waals surface area contributed by atoms with Gasteiger partial charge >= 0.3 is 5.97 Å². The molecule has 0 aromatic rings. The van der Waals surface area contributed by atoms with Crippen LogP contribution in [0.4, 0.5) is 0 Å². The molecule has 0 aromatic carbocycles. The summed E-state index contributed by atoms with van der Waals surface area (Å²) in [6, 6.07) is -0.102. The highest BCUT2D eigenvalue weighted by molar-refractivity contribution is 5.79. The summed E-state index contributed by atoms with van der Waals surface area (Å²) < 4.78 is 0. The highest BCUT2D eigenvalue weighted by Gasteiger charge is 2.24. The Labute approximate surface area is 76.7 Å². The Hall–Kier alpha value is -1.10. The van der Waals surface area contributed by atoms with Gasteiger partial charge in [-0.1, -0.05) is 0 Å². The van der Waals surface area contributed by atoms with Gasteiger partial charge in [0.1, 0.15) is 0 Å². The molecule has 5 nitrogen and oxygen atoms in total. The first-order valence-electron chi connectivity index (χ1n) is 4.36. The molecule has 2 N–H and O–H groups in total. The normalized spacial score (nSPS) is 23.3. The van der Waals surface area contributed by atoms with Gasteiger partial charge in [0.2, 0.25) is 5.91 Å². The van der Waals surface area contributed by atoms with E-state index in [0.29, 0.717) is 13.1 Å². The van der Waals surface area contributed by atoms with Crippen molar-refractivity contribution >= 4 is 11.9 Å². The third-order valence-electron chi connectivity index (χ3n) is 2.14. The minimum absolute atomic E-state index is 0.0455. The maximum atomic E-state index is 11.2. The van der Waals surface area contributed by atoms with E-state index in [1.165, 1.54) is 0 Å². The molecule has 0 aliphatic carbocycles. The Kier molecular flexibility index (Phi) is 3.25. The molecule has 1 atom stereocenters. The molecule has 1 unspecified atom stereocenters. The molecule has 0 bridgehead atoms. The first-order valence-corrected chi connectivity index (χ1v) is 4.36. The van der Waals surface area contributed by atoms with Crippen LogP contribution in [0.2, 0.25) is 0 Å². The van der Waals surface area contributed by atoms with Gasteiger partial charge in [0.15, 0.2) is 0 Å². The lowest BCUT2D eigenvalue weighted by Gasteiger charge is -2.31. The van der Waals surface area contributed by atoms with Crippen molar-refractivity contribution in [3.05, 3.63) is 0 Å². The van der Waals surface area contributed by atoms with E-state index in [0.717, 1.165) is 0 Å². The van der Waals surface area contributed by atoms with Crippen LogP contribution < -0.4 is 5.32 Å². The predicted octanol–water partition coefficient (Wildman–Crippen LogP) is -0.719. The molecule has 1 amide bonds. The summed E-state index contributed by atoms with van der Waals surface area (Å²) in [5.74, 6) is -0.785. The van der Waals surface area contributed by atoms with Crippen molar-refractivity contribution in [2.75, 3.05) is 19.6 Å². The molecular weight excluding hydrogens is 172 g/mol. The van der Waals surface area contributed by atoms with E-state index < -0.39 is 5.97 Å². The molecule has 1 saturated heterocycles. The Bertz CT molecular complexity index is 217. The number of likely N-dealkylation sites (N-methyl/N-ethyl adjacent to an activating group) is 1. The molecule has 74 valence electrons. The van der Waals surface area contributed by atoms with Crippen LogP contribution in [0.25, 0.3) is 0 Å². The Balaban J connectivity index is 2.44. The summed E-state index contributed by atoms with van der Waals surface area (Å²) in [5, 5.41) is 11.4. The van der Waals surface area contributed by atoms with Crippen LogP contribution in [0.5, 0.6) is 0 Å². The van der Waals surface area contributed by atoms with E-state index in [1.54, 1.807) is 4.90 Å². The second-order valence-electron chi connectivity index (χ2n) is 3.11. The quantitative estimate of drug-likeness (QED) is 0.610. The number of hydrogen-bond acceptors (Lipinski definition) is 3. The number of amides is 1. The number of hydrogen-bond donors (Lipinski definition) is 2. The molecule has 1 rings (SSSR count). The third-order valence-corrected chi connectivity index (χ3v) is 2.14. The Morgan fingerprint density at radius 3 is 3.00 bits per heavy atom. The SMILES string of the molecule is CCN1CC(CC(=O)O)NCC1=O. The highest BCUT2D eigenvalue weighted by Crippen LogP contribution is 2.03. The molecule has 0 saturated carbocycles. The summed E-state index contributed by atoms with van der Waals surface area (Å²) in [4.78, 5) is 23.2. The van der Waals surface area contributed by atoms with Crippen molar-refractivity contribution < 1.29 is 14.7 Å². The standard InChI is InChI=1S/C8H14N2O3/c1-2-10-5-6(3-8(12)13)9-4-7(10)11/h6,9H,2-5H2,1H3,(H,12,13). The second kappa shape index (κ2) is 4.23. The minimum Gasteiger partial charge on any atom is -0.481 e. The van der Waals surface area contributed by atoms with Gasteiger partial charge in [0.05, 0.1) is 13.0 Å². The molecule has 0 spiro atoms. The zero-order valence-corrected chi connectivity index (χ0v) is 7.62. The molecule has 1 aliphatic rings. The maximum Gasteiger partial charge on any atom is 0.304 e. The number of piperazine rings is 1. The van der Waals surface area contributed by atoms with Gasteiger partial charge in [0, 0.05) is 19.1 Å². The number of carboxylic acids is 1. The highest BCUT2D eigenvalue weighted by atomic mass is 16.4. The van der Waals surface area contributed by atoms with Crippen LogP contribution in [0.3, 0.4) is 0 Å². The van der Waals surface area contributed by atoms with E-state index in [9.17, 15) is 9.59 Å². The molecule has 1 heterocycles. The van der Waals surface area contributed by atoms with E-state index in [4.69, 9.17) is 5.11 Å². The zero-order valence-electron chi connectivity index (χ0n) is 7.62. The summed E-state index contributed by atoms with van der Waals surface area (Å²) >= 11 is 0. The topological polar surface area (TPSA) is 69.6 Å². The lowest BCUT2D eigenvalue weighted by molar-refractivity contribution is -0.140. The lowest BCUT2D eigenvalue weighted by atomic mass is 10.1. The fraction of sp³-hybridized carbons (Fsp3) is 0.750. The van der Waals surface area contributed by atoms with Gasteiger partial charge in [-0.3, -0.25) is 9.59 Å². The average Bonchev–Trinajstić information content (AvgIpc) is 2.07. The van der Waals surface area contributed by atoms with Gasteiger partial charge in [-0.05, 0) is 6.92 Å². The number of carbonyl (C=O) groups excluding carboxylic acids is 1. The predicted molar refractivity (Wildman–Crippen MR) is 46.3 cm³/mol. The van der Waals surface area contributed by atoms with Crippen LogP contribution in [0.1, 0.15) is 13.3 Å². The van der Waals surface area contributed by atoms with Crippen molar-refractivity contribution in [2.45, 2.75) is 19.4 Å². The van der Waals surface area contributed by atoms with Gasteiger partial charge in [-0.15, -0.1) is 0 Å². The Morgan fingerprint density at radius 2 is 2.46 bits per heavy atom. The fourth-order valence-electron chi connectivity index (χ4n) is 1.43. The summed E-state index contributed by atoms with van der Waals surface area (Å²) in [5.41, 5.74) is 0. The molecule has 0 aromatic heterocycles. The molecule has 1 aliphatic heterocycles. The Morgan fingerprint density at radius 1 is 1.77 bits per heavy atom. The largest absolute Gasteiger partial charge is 0.481 e. The van der Waals surface area contributed by atoms with Crippen LogP contribution >= 0.6 is 0 Å². The zero-order chi connectivity index (χ0) is 9.84. The van der Waals surface area contributed by atoms with Crippen molar-refractivity contribution in [2.24, 2.45) is 0 Å². The lowest BCUT2D eigenvalue weighted by Crippen LogP contribution is -2.54. The van der Waals surface area contributed by atoms with Crippen LogP contribution in [-0.2, 0) is 9.59 Å². The number of aliphatic carboxylic acids is 1. The van der Waals surface area contributed by atoms with Crippen LogP contribution in [-0.4, -0.2) is 47.6 Å². The third kappa shape index (κ3) is 2.69. The number of carbonyl (C=O) groups is 2. The molecule has 13 heavy (non-hydrogen) atoms. The van der Waals surface area contributed by atoms with Crippen molar-refractivity contribution in [1.82, 2.24) is 10.2 Å². The van der Waals surface area contributed by atoms with E-state index >= 15 is 0 Å².